The summed E-state index contributed by atoms with van der Waals surface area (Å²) in [5, 5.41) is 14.3. The average Bonchev–Trinajstić information content (AvgIpc) is 3.04. The lowest BCUT2D eigenvalue weighted by Crippen LogP contribution is -2.44. The lowest BCUT2D eigenvalue weighted by molar-refractivity contribution is -0.141. The van der Waals surface area contributed by atoms with Gasteiger partial charge in [-0.05, 0) is 41.0 Å². The number of hydrogen-bond acceptors (Lipinski definition) is 4. The molecule has 2 atom stereocenters. The minimum Gasteiger partial charge on any atom is -0.480 e. The molecule has 1 aliphatic rings. The van der Waals surface area contributed by atoms with Crippen molar-refractivity contribution >= 4 is 18.0 Å². The van der Waals surface area contributed by atoms with Gasteiger partial charge in [-0.3, -0.25) is 9.59 Å². The lowest BCUT2D eigenvalue weighted by atomic mass is 9.87. The second-order valence-electron chi connectivity index (χ2n) is 9.76. The molecule has 2 unspecified atom stereocenters. The van der Waals surface area contributed by atoms with E-state index in [1.165, 1.54) is 6.92 Å². The van der Waals surface area contributed by atoms with Crippen LogP contribution in [-0.2, 0) is 14.3 Å². The van der Waals surface area contributed by atoms with Crippen LogP contribution < -0.4 is 10.6 Å². The van der Waals surface area contributed by atoms with Gasteiger partial charge in [0.05, 0.1) is 0 Å². The van der Waals surface area contributed by atoms with E-state index >= 15 is 0 Å². The Balaban J connectivity index is 1.64. The van der Waals surface area contributed by atoms with Crippen LogP contribution in [0.25, 0.3) is 11.1 Å². The van der Waals surface area contributed by atoms with Crippen LogP contribution in [0, 0.1) is 5.41 Å². The van der Waals surface area contributed by atoms with Crippen LogP contribution >= 0.6 is 0 Å². The molecule has 0 saturated carbocycles. The van der Waals surface area contributed by atoms with Gasteiger partial charge in [-0.1, -0.05) is 69.3 Å². The maximum absolute atomic E-state index is 12.7. The van der Waals surface area contributed by atoms with Crippen molar-refractivity contribution < 1.29 is 24.2 Å². The maximum atomic E-state index is 12.7. The number of benzene rings is 2. The van der Waals surface area contributed by atoms with E-state index in [1.807, 2.05) is 45.0 Å². The van der Waals surface area contributed by atoms with Crippen molar-refractivity contribution in [2.45, 2.75) is 58.5 Å². The zero-order valence-electron chi connectivity index (χ0n) is 19.6. The Hall–Kier alpha value is -3.35. The van der Waals surface area contributed by atoms with Crippen LogP contribution in [0.1, 0.15) is 57.6 Å². The van der Waals surface area contributed by atoms with Gasteiger partial charge in [-0.2, -0.15) is 0 Å². The van der Waals surface area contributed by atoms with Gasteiger partial charge in [0.25, 0.3) is 0 Å². The fourth-order valence-corrected chi connectivity index (χ4v) is 4.31. The van der Waals surface area contributed by atoms with Crippen molar-refractivity contribution in [2.24, 2.45) is 5.41 Å². The van der Waals surface area contributed by atoms with E-state index in [0.717, 1.165) is 22.3 Å². The molecule has 33 heavy (non-hydrogen) atoms. The number of carbonyl (C=O) groups excluding carboxylic acids is 2. The third-order valence-electron chi connectivity index (χ3n) is 5.70. The minimum absolute atomic E-state index is 0.0287. The van der Waals surface area contributed by atoms with Gasteiger partial charge in [0, 0.05) is 18.4 Å². The van der Waals surface area contributed by atoms with Gasteiger partial charge in [0.15, 0.2) is 0 Å². The van der Waals surface area contributed by atoms with Crippen molar-refractivity contribution in [3.63, 3.8) is 0 Å². The smallest absolute Gasteiger partial charge is 0.407 e. The third-order valence-corrected chi connectivity index (χ3v) is 5.70. The van der Waals surface area contributed by atoms with E-state index in [-0.39, 0.29) is 24.4 Å². The van der Waals surface area contributed by atoms with Crippen molar-refractivity contribution in [2.75, 3.05) is 6.61 Å². The fourth-order valence-electron chi connectivity index (χ4n) is 4.31. The highest BCUT2D eigenvalue weighted by Crippen LogP contribution is 2.44. The molecule has 0 spiro atoms. The van der Waals surface area contributed by atoms with Crippen LogP contribution in [0.5, 0.6) is 0 Å². The van der Waals surface area contributed by atoms with Crippen molar-refractivity contribution in [1.82, 2.24) is 10.6 Å². The second kappa shape index (κ2) is 10.1. The Morgan fingerprint density at radius 1 is 0.970 bits per heavy atom. The van der Waals surface area contributed by atoms with Crippen LogP contribution in [-0.4, -0.2) is 41.8 Å². The summed E-state index contributed by atoms with van der Waals surface area (Å²) in [4.78, 5) is 36.0. The molecule has 7 heteroatoms. The summed E-state index contributed by atoms with van der Waals surface area (Å²) >= 11 is 0. The molecule has 2 amide bonds. The number of ether oxygens (including phenoxy) is 1. The number of rotatable bonds is 8. The molecule has 3 rings (SSSR count). The summed E-state index contributed by atoms with van der Waals surface area (Å²) < 4.78 is 5.61. The SMILES string of the molecule is CC(NC(=O)CC(CC(C)(C)C)NC(=O)OCC1c2ccccc2-c2ccccc21)C(=O)O. The molecule has 176 valence electrons. The number of carbonyl (C=O) groups is 3. The summed E-state index contributed by atoms with van der Waals surface area (Å²) in [6.45, 7) is 7.62. The van der Waals surface area contributed by atoms with E-state index in [0.29, 0.717) is 6.42 Å². The standard InChI is InChI=1S/C26H32N2O5/c1-16(24(30)31)27-23(29)13-17(14-26(2,3)4)28-25(32)33-15-22-20-11-7-5-9-18(20)19-10-6-8-12-21(19)22/h5-12,16-17,22H,13-15H2,1-4H3,(H,27,29)(H,28,32)(H,30,31). The van der Waals surface area contributed by atoms with E-state index < -0.39 is 30.1 Å². The number of fused-ring (bicyclic) bond motifs is 3. The minimum atomic E-state index is -1.11. The lowest BCUT2D eigenvalue weighted by Gasteiger charge is -2.27. The molecule has 0 bridgehead atoms. The van der Waals surface area contributed by atoms with Crippen LogP contribution in [0.2, 0.25) is 0 Å². The maximum Gasteiger partial charge on any atom is 0.407 e. The van der Waals surface area contributed by atoms with Gasteiger partial charge in [0.1, 0.15) is 12.6 Å². The number of amides is 2. The summed E-state index contributed by atoms with van der Waals surface area (Å²) in [5.41, 5.74) is 4.40. The molecule has 0 fully saturated rings. The van der Waals surface area contributed by atoms with Crippen molar-refractivity contribution in [3.05, 3.63) is 59.7 Å². The molecule has 1 aliphatic carbocycles. The van der Waals surface area contributed by atoms with E-state index in [2.05, 4.69) is 34.9 Å². The predicted octanol–water partition coefficient (Wildman–Crippen LogP) is 4.31. The Kier molecular flexibility index (Phi) is 7.41. The molecular weight excluding hydrogens is 420 g/mol. The van der Waals surface area contributed by atoms with Gasteiger partial charge >= 0.3 is 12.1 Å². The van der Waals surface area contributed by atoms with Crippen LogP contribution in [0.3, 0.4) is 0 Å². The zero-order chi connectivity index (χ0) is 24.2. The largest absolute Gasteiger partial charge is 0.480 e. The summed E-state index contributed by atoms with van der Waals surface area (Å²) in [6.07, 6.45) is -0.0873. The second-order valence-corrected chi connectivity index (χ2v) is 9.76. The monoisotopic (exact) mass is 452 g/mol. The molecule has 0 radical (unpaired) electrons. The number of carboxylic acids is 1. The molecule has 7 nitrogen and oxygen atoms in total. The first-order chi connectivity index (χ1) is 15.5. The van der Waals surface area contributed by atoms with Crippen LogP contribution in [0.4, 0.5) is 4.79 Å². The van der Waals surface area contributed by atoms with Gasteiger partial charge in [0.2, 0.25) is 5.91 Å². The number of hydrogen-bond donors (Lipinski definition) is 3. The Morgan fingerprint density at radius 3 is 2.03 bits per heavy atom. The summed E-state index contributed by atoms with van der Waals surface area (Å²) in [5.74, 6) is -1.60. The van der Waals surface area contributed by atoms with E-state index in [1.54, 1.807) is 0 Å². The number of carboxylic acid groups (broad SMARTS) is 1. The normalized spacial score (nSPS) is 14.5. The molecule has 0 saturated heterocycles. The topological polar surface area (TPSA) is 105 Å². The quantitative estimate of drug-likeness (QED) is 0.554. The first kappa shape index (κ1) is 24.3. The highest BCUT2D eigenvalue weighted by atomic mass is 16.5. The molecule has 3 N–H and O–H groups in total. The molecule has 0 aromatic heterocycles. The zero-order valence-corrected chi connectivity index (χ0v) is 19.6. The van der Waals surface area contributed by atoms with Crippen molar-refractivity contribution in [1.29, 1.82) is 0 Å². The molecular formula is C26H32N2O5. The number of nitrogens with one attached hydrogen (secondary N) is 2. The third kappa shape index (κ3) is 6.34. The van der Waals surface area contributed by atoms with Crippen LogP contribution in [0.15, 0.2) is 48.5 Å². The van der Waals surface area contributed by atoms with Gasteiger partial charge < -0.3 is 20.5 Å². The average molecular weight is 453 g/mol. The molecule has 2 aromatic carbocycles. The molecule has 0 heterocycles. The predicted molar refractivity (Wildman–Crippen MR) is 126 cm³/mol. The van der Waals surface area contributed by atoms with E-state index in [9.17, 15) is 14.4 Å². The van der Waals surface area contributed by atoms with Gasteiger partial charge in [-0.15, -0.1) is 0 Å². The number of aliphatic carboxylic acids is 1. The summed E-state index contributed by atoms with van der Waals surface area (Å²) in [6, 6.07) is 14.7. The highest BCUT2D eigenvalue weighted by molar-refractivity contribution is 5.84. The van der Waals surface area contributed by atoms with E-state index in [4.69, 9.17) is 9.84 Å². The molecule has 2 aromatic rings. The molecule has 0 aliphatic heterocycles. The Morgan fingerprint density at radius 2 is 1.52 bits per heavy atom. The number of alkyl carbamates (subject to hydrolysis) is 1. The first-order valence-corrected chi connectivity index (χ1v) is 11.2. The Bertz CT molecular complexity index is 982. The first-order valence-electron chi connectivity index (χ1n) is 11.2. The Labute approximate surface area is 194 Å². The highest BCUT2D eigenvalue weighted by Gasteiger charge is 2.30. The summed E-state index contributed by atoms with van der Waals surface area (Å²) in [7, 11) is 0. The van der Waals surface area contributed by atoms with Gasteiger partial charge in [-0.25, -0.2) is 4.79 Å². The fraction of sp³-hybridized carbons (Fsp3) is 0.423. The van der Waals surface area contributed by atoms with Crippen molar-refractivity contribution in [3.8, 4) is 11.1 Å².